The Bertz CT molecular complexity index is 546. The lowest BCUT2D eigenvalue weighted by Gasteiger charge is -2.03. The molecule has 0 aliphatic heterocycles. The molecule has 2 aromatic rings. The van der Waals surface area contributed by atoms with Gasteiger partial charge in [-0.25, -0.2) is 9.78 Å². The second kappa shape index (κ2) is 4.96. The van der Waals surface area contributed by atoms with Gasteiger partial charge < -0.3 is 10.5 Å². The van der Waals surface area contributed by atoms with Crippen molar-refractivity contribution in [3.05, 3.63) is 29.6 Å². The zero-order chi connectivity index (χ0) is 13.1. The SMILES string of the molecule is CCOC(=O)c1n[nH]c(C(N)c2cnn(C)c2)n1. The average Bonchev–Trinajstić information content (AvgIpc) is 2.97. The fourth-order valence-electron chi connectivity index (χ4n) is 1.46. The van der Waals surface area contributed by atoms with Crippen LogP contribution in [0.4, 0.5) is 0 Å². The number of nitrogens with one attached hydrogen (secondary N) is 1. The van der Waals surface area contributed by atoms with E-state index in [0.717, 1.165) is 5.56 Å². The molecule has 1 atom stereocenters. The van der Waals surface area contributed by atoms with Gasteiger partial charge in [0, 0.05) is 18.8 Å². The first-order chi connectivity index (χ1) is 8.61. The Labute approximate surface area is 103 Å². The lowest BCUT2D eigenvalue weighted by molar-refractivity contribution is 0.0512. The second-order valence-corrected chi connectivity index (χ2v) is 3.69. The summed E-state index contributed by atoms with van der Waals surface area (Å²) in [6.07, 6.45) is 3.41. The highest BCUT2D eigenvalue weighted by molar-refractivity contribution is 5.84. The smallest absolute Gasteiger partial charge is 0.378 e. The summed E-state index contributed by atoms with van der Waals surface area (Å²) in [5.41, 5.74) is 6.76. The van der Waals surface area contributed by atoms with Gasteiger partial charge in [-0.1, -0.05) is 0 Å². The van der Waals surface area contributed by atoms with Crippen LogP contribution in [0.3, 0.4) is 0 Å². The van der Waals surface area contributed by atoms with Crippen LogP contribution in [0.5, 0.6) is 0 Å². The summed E-state index contributed by atoms with van der Waals surface area (Å²) in [5, 5.41) is 10.4. The van der Waals surface area contributed by atoms with E-state index >= 15 is 0 Å². The minimum Gasteiger partial charge on any atom is -0.460 e. The highest BCUT2D eigenvalue weighted by atomic mass is 16.5. The predicted octanol–water partition coefficient (Wildman–Crippen LogP) is -0.237. The molecule has 2 rings (SSSR count). The first kappa shape index (κ1) is 12.2. The van der Waals surface area contributed by atoms with Crippen LogP contribution in [-0.2, 0) is 11.8 Å². The lowest BCUT2D eigenvalue weighted by atomic mass is 10.2. The number of hydrogen-bond donors (Lipinski definition) is 2. The largest absolute Gasteiger partial charge is 0.460 e. The van der Waals surface area contributed by atoms with Crippen molar-refractivity contribution in [2.45, 2.75) is 13.0 Å². The summed E-state index contributed by atoms with van der Waals surface area (Å²) in [6.45, 7) is 1.99. The fourth-order valence-corrected chi connectivity index (χ4v) is 1.46. The van der Waals surface area contributed by atoms with E-state index in [1.165, 1.54) is 0 Å². The molecule has 0 aliphatic rings. The predicted molar refractivity (Wildman–Crippen MR) is 61.6 cm³/mol. The van der Waals surface area contributed by atoms with E-state index in [2.05, 4.69) is 20.3 Å². The number of aryl methyl sites for hydroxylation is 1. The standard InChI is InChI=1S/C10H14N6O2/c1-3-18-10(17)9-13-8(14-15-9)7(11)6-4-12-16(2)5-6/h4-5,7H,3,11H2,1-2H3,(H,13,14,15). The molecule has 3 N–H and O–H groups in total. The van der Waals surface area contributed by atoms with Crippen molar-refractivity contribution in [3.63, 3.8) is 0 Å². The molecule has 18 heavy (non-hydrogen) atoms. The third-order valence-corrected chi connectivity index (χ3v) is 2.34. The van der Waals surface area contributed by atoms with Crippen molar-refractivity contribution < 1.29 is 9.53 Å². The Kier molecular flexibility index (Phi) is 3.38. The number of hydrogen-bond acceptors (Lipinski definition) is 6. The van der Waals surface area contributed by atoms with Crippen molar-refractivity contribution in [1.82, 2.24) is 25.0 Å². The van der Waals surface area contributed by atoms with Crippen molar-refractivity contribution >= 4 is 5.97 Å². The molecule has 0 amide bonds. The first-order valence-electron chi connectivity index (χ1n) is 5.45. The van der Waals surface area contributed by atoms with E-state index in [4.69, 9.17) is 10.5 Å². The van der Waals surface area contributed by atoms with E-state index in [1.807, 2.05) is 0 Å². The van der Waals surface area contributed by atoms with Gasteiger partial charge in [0.2, 0.25) is 0 Å². The molecule has 2 heterocycles. The number of nitrogens with zero attached hydrogens (tertiary/aromatic N) is 4. The molecule has 0 bridgehead atoms. The molecule has 0 saturated heterocycles. The summed E-state index contributed by atoms with van der Waals surface area (Å²) in [5.74, 6) is -0.198. The molecule has 8 nitrogen and oxygen atoms in total. The van der Waals surface area contributed by atoms with Gasteiger partial charge in [-0.05, 0) is 6.92 Å². The van der Waals surface area contributed by atoms with E-state index in [-0.39, 0.29) is 12.4 Å². The maximum Gasteiger partial charge on any atom is 0.378 e. The number of aromatic nitrogens is 5. The molecule has 0 radical (unpaired) electrons. The van der Waals surface area contributed by atoms with Crippen LogP contribution in [0.1, 0.15) is 35.0 Å². The lowest BCUT2D eigenvalue weighted by Crippen LogP contribution is -2.13. The fraction of sp³-hybridized carbons (Fsp3) is 0.400. The number of esters is 1. The third kappa shape index (κ3) is 2.38. The maximum atomic E-state index is 11.4. The van der Waals surface area contributed by atoms with Crippen LogP contribution in [0.2, 0.25) is 0 Å². The molecular weight excluding hydrogens is 236 g/mol. The summed E-state index contributed by atoms with van der Waals surface area (Å²) in [6, 6.07) is -0.505. The number of nitrogens with two attached hydrogens (primary N) is 1. The van der Waals surface area contributed by atoms with Gasteiger partial charge >= 0.3 is 5.97 Å². The highest BCUT2D eigenvalue weighted by Gasteiger charge is 2.19. The number of aromatic amines is 1. The third-order valence-electron chi connectivity index (χ3n) is 2.34. The average molecular weight is 250 g/mol. The van der Waals surface area contributed by atoms with Gasteiger partial charge in [-0.2, -0.15) is 5.10 Å². The topological polar surface area (TPSA) is 112 Å². The minimum absolute atomic E-state index is 0.0220. The quantitative estimate of drug-likeness (QED) is 0.724. The van der Waals surface area contributed by atoms with Crippen LogP contribution in [0.25, 0.3) is 0 Å². The van der Waals surface area contributed by atoms with Gasteiger partial charge in [0.05, 0.1) is 18.8 Å². The van der Waals surface area contributed by atoms with Gasteiger partial charge in [0.15, 0.2) is 0 Å². The second-order valence-electron chi connectivity index (χ2n) is 3.69. The highest BCUT2D eigenvalue weighted by Crippen LogP contribution is 2.14. The van der Waals surface area contributed by atoms with Gasteiger partial charge in [-0.15, -0.1) is 5.10 Å². The first-order valence-corrected chi connectivity index (χ1v) is 5.45. The molecule has 0 aromatic carbocycles. The van der Waals surface area contributed by atoms with Crippen LogP contribution >= 0.6 is 0 Å². The van der Waals surface area contributed by atoms with E-state index in [9.17, 15) is 4.79 Å². The molecule has 0 aliphatic carbocycles. The van der Waals surface area contributed by atoms with E-state index in [1.54, 1.807) is 31.0 Å². The molecule has 0 fully saturated rings. The Balaban J connectivity index is 2.17. The number of H-pyrrole nitrogens is 1. The van der Waals surface area contributed by atoms with Gasteiger partial charge in [0.1, 0.15) is 5.82 Å². The normalized spacial score (nSPS) is 12.4. The van der Waals surface area contributed by atoms with Crippen LogP contribution in [0.15, 0.2) is 12.4 Å². The Morgan fingerprint density at radius 3 is 3.06 bits per heavy atom. The summed E-state index contributed by atoms with van der Waals surface area (Å²) >= 11 is 0. The number of carbonyl (C=O) groups excluding carboxylic acids is 1. The number of rotatable bonds is 4. The molecule has 0 saturated carbocycles. The van der Waals surface area contributed by atoms with Gasteiger partial charge in [-0.3, -0.25) is 9.78 Å². The van der Waals surface area contributed by atoms with Crippen molar-refractivity contribution in [2.75, 3.05) is 6.61 Å². The maximum absolute atomic E-state index is 11.4. The summed E-state index contributed by atoms with van der Waals surface area (Å²) < 4.78 is 6.43. The van der Waals surface area contributed by atoms with Crippen LogP contribution in [0, 0.1) is 0 Å². The zero-order valence-corrected chi connectivity index (χ0v) is 10.1. The Morgan fingerprint density at radius 1 is 1.67 bits per heavy atom. The molecule has 96 valence electrons. The zero-order valence-electron chi connectivity index (χ0n) is 10.1. The molecule has 0 spiro atoms. The molecule has 1 unspecified atom stereocenters. The molecule has 8 heteroatoms. The molecule has 2 aromatic heterocycles. The van der Waals surface area contributed by atoms with Crippen molar-refractivity contribution in [3.8, 4) is 0 Å². The minimum atomic E-state index is -0.571. The van der Waals surface area contributed by atoms with Crippen molar-refractivity contribution in [2.24, 2.45) is 12.8 Å². The summed E-state index contributed by atoms with van der Waals surface area (Å²) in [7, 11) is 1.79. The van der Waals surface area contributed by atoms with Crippen LogP contribution in [-0.4, -0.2) is 37.5 Å². The number of carbonyl (C=O) groups is 1. The van der Waals surface area contributed by atoms with Crippen molar-refractivity contribution in [1.29, 1.82) is 0 Å². The number of ether oxygens (including phenoxy) is 1. The Morgan fingerprint density at radius 2 is 2.44 bits per heavy atom. The van der Waals surface area contributed by atoms with Gasteiger partial charge in [0.25, 0.3) is 5.82 Å². The Hall–Kier alpha value is -2.22. The van der Waals surface area contributed by atoms with Crippen LogP contribution < -0.4 is 5.73 Å². The molecular formula is C10H14N6O2. The van der Waals surface area contributed by atoms with E-state index < -0.39 is 12.0 Å². The van der Waals surface area contributed by atoms with E-state index in [0.29, 0.717) is 5.82 Å². The monoisotopic (exact) mass is 250 g/mol. The summed E-state index contributed by atoms with van der Waals surface area (Å²) in [4.78, 5) is 15.4.